The lowest BCUT2D eigenvalue weighted by Crippen LogP contribution is -2.43. The topological polar surface area (TPSA) is 15.3 Å². The van der Waals surface area contributed by atoms with Gasteiger partial charge in [-0.05, 0) is 18.6 Å². The molecule has 3 heteroatoms. The van der Waals surface area contributed by atoms with Crippen molar-refractivity contribution in [3.05, 3.63) is 29.6 Å². The Morgan fingerprint density at radius 1 is 1.33 bits per heavy atom. The quantitative estimate of drug-likeness (QED) is 0.797. The first kappa shape index (κ1) is 10.4. The van der Waals surface area contributed by atoms with Gasteiger partial charge in [0.1, 0.15) is 5.82 Å². The summed E-state index contributed by atoms with van der Waals surface area (Å²) in [5, 5.41) is 3.30. The van der Waals surface area contributed by atoms with Gasteiger partial charge in [-0.25, -0.2) is 4.39 Å². The van der Waals surface area contributed by atoms with Gasteiger partial charge < -0.3 is 10.2 Å². The Labute approximate surface area is 90.1 Å². The van der Waals surface area contributed by atoms with Crippen molar-refractivity contribution in [2.24, 2.45) is 0 Å². The van der Waals surface area contributed by atoms with Crippen LogP contribution >= 0.6 is 0 Å². The number of rotatable bonds is 2. The van der Waals surface area contributed by atoms with Crippen LogP contribution < -0.4 is 10.2 Å². The van der Waals surface area contributed by atoms with E-state index in [1.54, 1.807) is 12.1 Å². The average molecular weight is 208 g/mol. The van der Waals surface area contributed by atoms with Crippen molar-refractivity contribution in [2.45, 2.75) is 13.3 Å². The fourth-order valence-corrected chi connectivity index (χ4v) is 2.10. The highest BCUT2D eigenvalue weighted by Crippen LogP contribution is 2.23. The van der Waals surface area contributed by atoms with Gasteiger partial charge in [-0.15, -0.1) is 0 Å². The molecule has 1 N–H and O–H groups in total. The van der Waals surface area contributed by atoms with Gasteiger partial charge in [0.2, 0.25) is 0 Å². The number of halogens is 1. The molecule has 0 amide bonds. The lowest BCUT2D eigenvalue weighted by atomic mass is 10.1. The van der Waals surface area contributed by atoms with Crippen molar-refractivity contribution in [3.63, 3.8) is 0 Å². The summed E-state index contributed by atoms with van der Waals surface area (Å²) in [6.07, 6.45) is 0.756. The molecule has 0 unspecified atom stereocenters. The van der Waals surface area contributed by atoms with Crippen LogP contribution in [-0.4, -0.2) is 26.2 Å². The summed E-state index contributed by atoms with van der Waals surface area (Å²) in [5.74, 6) is -0.0754. The molecule has 1 aliphatic heterocycles. The van der Waals surface area contributed by atoms with E-state index in [2.05, 4.69) is 10.2 Å². The van der Waals surface area contributed by atoms with Crippen LogP contribution in [0.5, 0.6) is 0 Å². The molecule has 0 aromatic heterocycles. The van der Waals surface area contributed by atoms with Crippen LogP contribution in [0.3, 0.4) is 0 Å². The second-order valence-electron chi connectivity index (χ2n) is 3.83. The predicted octanol–water partition coefficient (Wildman–Crippen LogP) is 1.80. The summed E-state index contributed by atoms with van der Waals surface area (Å²) in [4.78, 5) is 2.26. The van der Waals surface area contributed by atoms with E-state index in [0.717, 1.165) is 43.9 Å². The van der Waals surface area contributed by atoms with E-state index in [9.17, 15) is 4.39 Å². The molecule has 2 rings (SSSR count). The summed E-state index contributed by atoms with van der Waals surface area (Å²) in [7, 11) is 0. The molecular formula is C12H17FN2. The maximum atomic E-state index is 13.6. The smallest absolute Gasteiger partial charge is 0.128 e. The summed E-state index contributed by atoms with van der Waals surface area (Å²) < 4.78 is 13.6. The van der Waals surface area contributed by atoms with Gasteiger partial charge in [0.05, 0.1) is 0 Å². The molecule has 0 atom stereocenters. The SMILES string of the molecule is CCc1c(F)cccc1N1CCNCC1. The molecule has 0 bridgehead atoms. The van der Waals surface area contributed by atoms with Crippen molar-refractivity contribution >= 4 is 5.69 Å². The number of hydrogen-bond donors (Lipinski definition) is 1. The van der Waals surface area contributed by atoms with Gasteiger partial charge >= 0.3 is 0 Å². The second kappa shape index (κ2) is 4.62. The van der Waals surface area contributed by atoms with Crippen LogP contribution in [-0.2, 0) is 6.42 Å². The zero-order valence-electron chi connectivity index (χ0n) is 9.09. The molecule has 82 valence electrons. The molecule has 15 heavy (non-hydrogen) atoms. The van der Waals surface area contributed by atoms with E-state index in [0.29, 0.717) is 0 Å². The molecule has 2 nitrogen and oxygen atoms in total. The highest BCUT2D eigenvalue weighted by atomic mass is 19.1. The predicted molar refractivity (Wildman–Crippen MR) is 60.9 cm³/mol. The fourth-order valence-electron chi connectivity index (χ4n) is 2.10. The van der Waals surface area contributed by atoms with Crippen LogP contribution in [0.1, 0.15) is 12.5 Å². The summed E-state index contributed by atoms with van der Waals surface area (Å²) in [6.45, 7) is 5.91. The summed E-state index contributed by atoms with van der Waals surface area (Å²) in [6, 6.07) is 5.36. The molecule has 0 saturated carbocycles. The number of nitrogens with zero attached hydrogens (tertiary/aromatic N) is 1. The highest BCUT2D eigenvalue weighted by molar-refractivity contribution is 5.54. The first-order chi connectivity index (χ1) is 7.33. The standard InChI is InChI=1S/C12H17FN2/c1-2-10-11(13)4-3-5-12(10)15-8-6-14-7-9-15/h3-5,14H,2,6-9H2,1H3. The van der Waals surface area contributed by atoms with Crippen molar-refractivity contribution in [2.75, 3.05) is 31.1 Å². The minimum absolute atomic E-state index is 0.0754. The number of nitrogens with one attached hydrogen (secondary N) is 1. The van der Waals surface area contributed by atoms with Gasteiger partial charge in [0.25, 0.3) is 0 Å². The van der Waals surface area contributed by atoms with Crippen LogP contribution in [0.25, 0.3) is 0 Å². The van der Waals surface area contributed by atoms with Gasteiger partial charge in [0, 0.05) is 37.4 Å². The maximum Gasteiger partial charge on any atom is 0.128 e. The lowest BCUT2D eigenvalue weighted by Gasteiger charge is -2.31. The highest BCUT2D eigenvalue weighted by Gasteiger charge is 2.15. The Balaban J connectivity index is 2.29. The number of benzene rings is 1. The monoisotopic (exact) mass is 208 g/mol. The Hall–Kier alpha value is -1.09. The molecule has 1 aliphatic rings. The van der Waals surface area contributed by atoms with E-state index in [1.165, 1.54) is 0 Å². The third-order valence-corrected chi connectivity index (χ3v) is 2.91. The molecule has 1 aromatic carbocycles. The van der Waals surface area contributed by atoms with Crippen molar-refractivity contribution < 1.29 is 4.39 Å². The van der Waals surface area contributed by atoms with Crippen molar-refractivity contribution in [1.82, 2.24) is 5.32 Å². The van der Waals surface area contributed by atoms with E-state index in [-0.39, 0.29) is 5.82 Å². The summed E-state index contributed by atoms with van der Waals surface area (Å²) in [5.41, 5.74) is 1.92. The molecule has 0 spiro atoms. The largest absolute Gasteiger partial charge is 0.369 e. The third kappa shape index (κ3) is 2.12. The first-order valence-electron chi connectivity index (χ1n) is 5.56. The first-order valence-corrected chi connectivity index (χ1v) is 5.56. The second-order valence-corrected chi connectivity index (χ2v) is 3.83. The minimum atomic E-state index is -0.0754. The van der Waals surface area contributed by atoms with Gasteiger partial charge in [-0.1, -0.05) is 13.0 Å². The number of anilines is 1. The van der Waals surface area contributed by atoms with Crippen LogP contribution in [0.4, 0.5) is 10.1 Å². The lowest BCUT2D eigenvalue weighted by molar-refractivity contribution is 0.579. The molecule has 1 fully saturated rings. The molecule has 1 saturated heterocycles. The Bertz CT molecular complexity index is 332. The van der Waals surface area contributed by atoms with Crippen LogP contribution in [0.2, 0.25) is 0 Å². The Morgan fingerprint density at radius 2 is 2.07 bits per heavy atom. The molecule has 0 radical (unpaired) electrons. The van der Waals surface area contributed by atoms with E-state index in [1.807, 2.05) is 13.0 Å². The third-order valence-electron chi connectivity index (χ3n) is 2.91. The zero-order chi connectivity index (χ0) is 10.7. The minimum Gasteiger partial charge on any atom is -0.369 e. The Kier molecular flexibility index (Phi) is 3.21. The van der Waals surface area contributed by atoms with E-state index < -0.39 is 0 Å². The number of piperazine rings is 1. The number of hydrogen-bond acceptors (Lipinski definition) is 2. The van der Waals surface area contributed by atoms with Crippen molar-refractivity contribution in [1.29, 1.82) is 0 Å². The molecular weight excluding hydrogens is 191 g/mol. The van der Waals surface area contributed by atoms with Crippen molar-refractivity contribution in [3.8, 4) is 0 Å². The zero-order valence-corrected chi connectivity index (χ0v) is 9.09. The fraction of sp³-hybridized carbons (Fsp3) is 0.500. The van der Waals surface area contributed by atoms with E-state index >= 15 is 0 Å². The molecule has 0 aliphatic carbocycles. The molecule has 1 aromatic rings. The normalized spacial score (nSPS) is 16.8. The average Bonchev–Trinajstić information content (AvgIpc) is 2.30. The maximum absolute atomic E-state index is 13.6. The van der Waals surface area contributed by atoms with Gasteiger partial charge in [0.15, 0.2) is 0 Å². The van der Waals surface area contributed by atoms with Crippen LogP contribution in [0.15, 0.2) is 18.2 Å². The van der Waals surface area contributed by atoms with Gasteiger partial charge in [-0.3, -0.25) is 0 Å². The van der Waals surface area contributed by atoms with E-state index in [4.69, 9.17) is 0 Å². The Morgan fingerprint density at radius 3 is 2.73 bits per heavy atom. The molecule has 1 heterocycles. The van der Waals surface area contributed by atoms with Crippen LogP contribution in [0, 0.1) is 5.82 Å². The van der Waals surface area contributed by atoms with Gasteiger partial charge in [-0.2, -0.15) is 0 Å². The summed E-state index contributed by atoms with van der Waals surface area (Å²) >= 11 is 0.